The summed E-state index contributed by atoms with van der Waals surface area (Å²) in [5.74, 6) is 0.664. The molecule has 1 aliphatic heterocycles. The first-order chi connectivity index (χ1) is 17.9. The molecule has 1 atom stereocenters. The number of rotatable bonds is 9. The monoisotopic (exact) mass is 536 g/mol. The minimum Gasteiger partial charge on any atom is -0.493 e. The Morgan fingerprint density at radius 1 is 1.22 bits per heavy atom. The lowest BCUT2D eigenvalue weighted by Crippen LogP contribution is -2.39. The second kappa shape index (κ2) is 11.7. The van der Waals surface area contributed by atoms with Crippen LogP contribution in [0.2, 0.25) is 0 Å². The largest absolute Gasteiger partial charge is 0.493 e. The summed E-state index contributed by atoms with van der Waals surface area (Å²) in [5.41, 5.74) is 2.25. The smallest absolute Gasteiger partial charge is 0.338 e. The van der Waals surface area contributed by atoms with Crippen molar-refractivity contribution < 1.29 is 19.0 Å². The summed E-state index contributed by atoms with van der Waals surface area (Å²) in [4.78, 5) is 33.0. The third-order valence-electron chi connectivity index (χ3n) is 5.79. The molecule has 7 nitrogen and oxygen atoms in total. The van der Waals surface area contributed by atoms with Crippen LogP contribution in [0.3, 0.4) is 0 Å². The predicted octanol–water partition coefficient (Wildman–Crippen LogP) is 4.09. The number of benzene rings is 2. The van der Waals surface area contributed by atoms with E-state index in [1.807, 2.05) is 42.7 Å². The maximum absolute atomic E-state index is 13.8. The van der Waals surface area contributed by atoms with Gasteiger partial charge in [-0.15, -0.1) is 11.8 Å². The van der Waals surface area contributed by atoms with Crippen LogP contribution in [-0.2, 0) is 9.53 Å². The highest BCUT2D eigenvalue weighted by Gasteiger charge is 2.33. The van der Waals surface area contributed by atoms with Gasteiger partial charge in [-0.1, -0.05) is 42.2 Å². The fourth-order valence-corrected chi connectivity index (χ4v) is 5.54. The van der Waals surface area contributed by atoms with Crippen molar-refractivity contribution in [3.8, 4) is 11.5 Å². The van der Waals surface area contributed by atoms with E-state index in [-0.39, 0.29) is 12.2 Å². The second-order valence-corrected chi connectivity index (χ2v) is 9.97. The fourth-order valence-electron chi connectivity index (χ4n) is 4.09. The number of fused-ring (bicyclic) bond motifs is 1. The number of esters is 1. The Balaban J connectivity index is 1.87. The van der Waals surface area contributed by atoms with Crippen LogP contribution in [-0.4, -0.2) is 37.1 Å². The summed E-state index contributed by atoms with van der Waals surface area (Å²) in [6, 6.07) is 12.7. The predicted molar refractivity (Wildman–Crippen MR) is 147 cm³/mol. The van der Waals surface area contributed by atoms with Crippen molar-refractivity contribution in [2.24, 2.45) is 4.99 Å². The number of allylic oxidation sites excluding steroid dienone is 1. The number of aromatic nitrogens is 1. The molecule has 0 bridgehead atoms. The maximum atomic E-state index is 13.8. The molecule has 0 fully saturated rings. The highest BCUT2D eigenvalue weighted by molar-refractivity contribution is 7.98. The molecule has 192 valence electrons. The molecule has 0 aliphatic carbocycles. The third kappa shape index (κ3) is 5.42. The lowest BCUT2D eigenvalue weighted by Gasteiger charge is -2.24. The van der Waals surface area contributed by atoms with E-state index in [4.69, 9.17) is 14.2 Å². The molecule has 2 heterocycles. The highest BCUT2D eigenvalue weighted by atomic mass is 32.2. The zero-order valence-electron chi connectivity index (χ0n) is 21.1. The van der Waals surface area contributed by atoms with Gasteiger partial charge in [0.05, 0.1) is 35.6 Å². The van der Waals surface area contributed by atoms with Crippen molar-refractivity contribution in [2.75, 3.05) is 26.6 Å². The second-order valence-electron chi connectivity index (χ2n) is 8.09. The van der Waals surface area contributed by atoms with Crippen LogP contribution in [0, 0.1) is 0 Å². The standard InChI is InChI=1S/C28H28N2O5S2/c1-6-14-35-21-13-8-18(15-22(21)33-4)16-23-26(31)30-25(19-9-11-20(36-5)12-10-19)24(27(32)34-7-2)17(3)29-28(30)37-23/h6,8-13,15-16,25H,1,7,14H2,2-5H3/b23-16-. The quantitative estimate of drug-likeness (QED) is 0.233. The van der Waals surface area contributed by atoms with E-state index < -0.39 is 12.0 Å². The van der Waals surface area contributed by atoms with Gasteiger partial charge in [0.1, 0.15) is 6.61 Å². The minimum atomic E-state index is -0.641. The van der Waals surface area contributed by atoms with Crippen molar-refractivity contribution >= 4 is 35.1 Å². The fraction of sp³-hybridized carbons (Fsp3) is 0.250. The average molecular weight is 537 g/mol. The van der Waals surface area contributed by atoms with E-state index in [1.54, 1.807) is 55.5 Å². The van der Waals surface area contributed by atoms with Crippen LogP contribution in [0.4, 0.5) is 0 Å². The molecule has 9 heteroatoms. The maximum Gasteiger partial charge on any atom is 0.338 e. The van der Waals surface area contributed by atoms with E-state index in [2.05, 4.69) is 11.6 Å². The highest BCUT2D eigenvalue weighted by Crippen LogP contribution is 2.32. The molecule has 0 radical (unpaired) electrons. The van der Waals surface area contributed by atoms with Gasteiger partial charge < -0.3 is 14.2 Å². The van der Waals surface area contributed by atoms with Gasteiger partial charge in [-0.05, 0) is 61.6 Å². The van der Waals surface area contributed by atoms with Crippen molar-refractivity contribution in [1.29, 1.82) is 0 Å². The minimum absolute atomic E-state index is 0.229. The van der Waals surface area contributed by atoms with Crippen LogP contribution in [0.15, 0.2) is 81.1 Å². The topological polar surface area (TPSA) is 79.1 Å². The molecule has 0 N–H and O–H groups in total. The van der Waals surface area contributed by atoms with Crippen LogP contribution >= 0.6 is 23.1 Å². The van der Waals surface area contributed by atoms with Gasteiger partial charge in [-0.25, -0.2) is 9.79 Å². The Morgan fingerprint density at radius 2 is 1.97 bits per heavy atom. The molecule has 2 aromatic carbocycles. The van der Waals surface area contributed by atoms with Crippen LogP contribution < -0.4 is 24.4 Å². The number of ether oxygens (including phenoxy) is 3. The number of hydrogen-bond acceptors (Lipinski definition) is 8. The van der Waals surface area contributed by atoms with E-state index in [0.717, 1.165) is 16.0 Å². The summed E-state index contributed by atoms with van der Waals surface area (Å²) in [5, 5.41) is 0. The van der Waals surface area contributed by atoms with Crippen molar-refractivity contribution in [2.45, 2.75) is 24.8 Å². The number of hydrogen-bond donors (Lipinski definition) is 0. The van der Waals surface area contributed by atoms with E-state index in [9.17, 15) is 9.59 Å². The first-order valence-electron chi connectivity index (χ1n) is 11.7. The molecule has 4 rings (SSSR count). The van der Waals surface area contributed by atoms with E-state index in [1.165, 1.54) is 11.3 Å². The van der Waals surface area contributed by atoms with Gasteiger partial charge in [0, 0.05) is 4.90 Å². The van der Waals surface area contributed by atoms with Gasteiger partial charge in [0.25, 0.3) is 5.56 Å². The van der Waals surface area contributed by atoms with Gasteiger partial charge in [-0.3, -0.25) is 9.36 Å². The van der Waals surface area contributed by atoms with E-state index in [0.29, 0.717) is 38.7 Å². The summed E-state index contributed by atoms with van der Waals surface area (Å²) < 4.78 is 18.5. The number of thioether (sulfide) groups is 1. The number of thiazole rings is 1. The molecule has 0 saturated carbocycles. The average Bonchev–Trinajstić information content (AvgIpc) is 3.21. The number of methoxy groups -OCH3 is 1. The molecule has 1 unspecified atom stereocenters. The van der Waals surface area contributed by atoms with Crippen LogP contribution in [0.1, 0.15) is 31.0 Å². The number of nitrogens with zero attached hydrogens (tertiary/aromatic N) is 2. The number of carbonyl (C=O) groups is 1. The Labute approximate surface area is 223 Å². The zero-order chi connectivity index (χ0) is 26.5. The molecular formula is C28H28N2O5S2. The van der Waals surface area contributed by atoms with Gasteiger partial charge in [-0.2, -0.15) is 0 Å². The lowest BCUT2D eigenvalue weighted by molar-refractivity contribution is -0.139. The normalized spacial score (nSPS) is 15.1. The first kappa shape index (κ1) is 26.5. The van der Waals surface area contributed by atoms with Crippen molar-refractivity contribution in [1.82, 2.24) is 4.57 Å². The van der Waals surface area contributed by atoms with E-state index >= 15 is 0 Å². The molecular weight excluding hydrogens is 508 g/mol. The summed E-state index contributed by atoms with van der Waals surface area (Å²) >= 11 is 2.90. The van der Waals surface area contributed by atoms with Crippen molar-refractivity contribution in [3.05, 3.63) is 97.2 Å². The Bertz CT molecular complexity index is 1530. The summed E-state index contributed by atoms with van der Waals surface area (Å²) in [6.45, 7) is 7.78. The molecule has 1 aromatic heterocycles. The Hall–Kier alpha value is -3.56. The van der Waals surface area contributed by atoms with Crippen molar-refractivity contribution in [3.63, 3.8) is 0 Å². The molecule has 3 aromatic rings. The molecule has 1 aliphatic rings. The summed E-state index contributed by atoms with van der Waals surface area (Å²) in [7, 11) is 1.57. The zero-order valence-corrected chi connectivity index (χ0v) is 22.8. The molecule has 0 spiro atoms. The molecule has 0 saturated heterocycles. The van der Waals surface area contributed by atoms with Crippen LogP contribution in [0.25, 0.3) is 6.08 Å². The van der Waals surface area contributed by atoms with Gasteiger partial charge in [0.15, 0.2) is 16.3 Å². The van der Waals surface area contributed by atoms with Crippen LogP contribution in [0.5, 0.6) is 11.5 Å². The van der Waals surface area contributed by atoms with Gasteiger partial charge >= 0.3 is 5.97 Å². The first-order valence-corrected chi connectivity index (χ1v) is 13.7. The molecule has 0 amide bonds. The summed E-state index contributed by atoms with van der Waals surface area (Å²) in [6.07, 6.45) is 5.45. The molecule has 37 heavy (non-hydrogen) atoms. The lowest BCUT2D eigenvalue weighted by atomic mass is 9.96. The third-order valence-corrected chi connectivity index (χ3v) is 7.52. The SMILES string of the molecule is C=CCOc1ccc(/C=c2\sc3n(c2=O)C(c2ccc(SC)cc2)C(C(=O)OCC)=C(C)N=3)cc1OC. The number of carbonyl (C=O) groups excluding carboxylic acids is 1. The van der Waals surface area contributed by atoms with Gasteiger partial charge in [0.2, 0.25) is 0 Å². The Kier molecular flexibility index (Phi) is 8.35. The Morgan fingerprint density at radius 3 is 2.62 bits per heavy atom.